The lowest BCUT2D eigenvalue weighted by atomic mass is 10.1. The van der Waals surface area contributed by atoms with Crippen molar-refractivity contribution in [1.29, 1.82) is 0 Å². The maximum absolute atomic E-state index is 12.6. The number of benzene rings is 2. The molecule has 0 aliphatic carbocycles. The predicted octanol–water partition coefficient (Wildman–Crippen LogP) is 3.68. The third-order valence-corrected chi connectivity index (χ3v) is 4.11. The van der Waals surface area contributed by atoms with Gasteiger partial charge >= 0.3 is 5.97 Å². The molecule has 0 radical (unpaired) electrons. The van der Waals surface area contributed by atoms with Gasteiger partial charge in [0.05, 0.1) is 5.56 Å². The molecule has 0 saturated carbocycles. The molecule has 1 amide bonds. The SMILES string of the molecule is Cc1oc(-c2ccccc2)cc1C(=O)N[C@H](Cc1ccccc1)C(=O)O. The average molecular weight is 349 g/mol. The Balaban J connectivity index is 1.78. The molecule has 1 atom stereocenters. The van der Waals surface area contributed by atoms with E-state index in [9.17, 15) is 14.7 Å². The number of furan rings is 1. The highest BCUT2D eigenvalue weighted by Gasteiger charge is 2.23. The van der Waals surface area contributed by atoms with Crippen LogP contribution in [0.5, 0.6) is 0 Å². The molecule has 2 N–H and O–H groups in total. The van der Waals surface area contributed by atoms with Gasteiger partial charge in [-0.3, -0.25) is 4.79 Å². The Bertz CT molecular complexity index is 900. The lowest BCUT2D eigenvalue weighted by Gasteiger charge is -2.14. The van der Waals surface area contributed by atoms with Crippen LogP contribution in [0.2, 0.25) is 0 Å². The smallest absolute Gasteiger partial charge is 0.326 e. The normalized spacial score (nSPS) is 11.7. The number of rotatable bonds is 6. The quantitative estimate of drug-likeness (QED) is 0.711. The van der Waals surface area contributed by atoms with Gasteiger partial charge in [0.25, 0.3) is 5.91 Å². The Labute approximate surface area is 151 Å². The van der Waals surface area contributed by atoms with Gasteiger partial charge in [-0.05, 0) is 18.6 Å². The number of hydrogen-bond donors (Lipinski definition) is 2. The van der Waals surface area contributed by atoms with Crippen molar-refractivity contribution < 1.29 is 19.1 Å². The highest BCUT2D eigenvalue weighted by molar-refractivity contribution is 5.98. The summed E-state index contributed by atoms with van der Waals surface area (Å²) >= 11 is 0. The van der Waals surface area contributed by atoms with E-state index in [1.165, 1.54) is 0 Å². The second-order valence-electron chi connectivity index (χ2n) is 6.00. The molecule has 3 rings (SSSR count). The number of carbonyl (C=O) groups is 2. The van der Waals surface area contributed by atoms with E-state index in [0.717, 1.165) is 11.1 Å². The zero-order chi connectivity index (χ0) is 18.5. The molecular formula is C21H19NO4. The molecule has 5 nitrogen and oxygen atoms in total. The first-order chi connectivity index (χ1) is 12.5. The van der Waals surface area contributed by atoms with Crippen LogP contribution < -0.4 is 5.32 Å². The van der Waals surface area contributed by atoms with Crippen LogP contribution in [0, 0.1) is 6.92 Å². The van der Waals surface area contributed by atoms with Gasteiger partial charge in [-0.15, -0.1) is 0 Å². The van der Waals surface area contributed by atoms with Crippen LogP contribution in [-0.2, 0) is 11.2 Å². The molecule has 1 heterocycles. The Kier molecular flexibility index (Phi) is 5.17. The van der Waals surface area contributed by atoms with Crippen LogP contribution in [0.25, 0.3) is 11.3 Å². The minimum Gasteiger partial charge on any atom is -0.480 e. The predicted molar refractivity (Wildman–Crippen MR) is 97.9 cm³/mol. The zero-order valence-corrected chi connectivity index (χ0v) is 14.3. The summed E-state index contributed by atoms with van der Waals surface area (Å²) < 4.78 is 5.67. The maximum atomic E-state index is 12.6. The van der Waals surface area contributed by atoms with Gasteiger partial charge in [-0.2, -0.15) is 0 Å². The summed E-state index contributed by atoms with van der Waals surface area (Å²) in [6.07, 6.45) is 0.213. The molecular weight excluding hydrogens is 330 g/mol. The van der Waals surface area contributed by atoms with E-state index < -0.39 is 17.9 Å². The summed E-state index contributed by atoms with van der Waals surface area (Å²) in [5.74, 6) is -0.517. The standard InChI is InChI=1S/C21H19NO4/c1-14-17(13-19(26-14)16-10-6-3-7-11-16)20(23)22-18(21(24)25)12-15-8-4-2-5-9-15/h2-11,13,18H,12H2,1H3,(H,22,23)(H,24,25)/t18-/m1/s1. The van der Waals surface area contributed by atoms with Crippen molar-refractivity contribution >= 4 is 11.9 Å². The number of aryl methyl sites for hydroxylation is 1. The Morgan fingerprint density at radius 3 is 2.27 bits per heavy atom. The van der Waals surface area contributed by atoms with Crippen molar-refractivity contribution in [3.63, 3.8) is 0 Å². The van der Waals surface area contributed by atoms with Gasteiger partial charge in [-0.25, -0.2) is 4.79 Å². The molecule has 5 heteroatoms. The van der Waals surface area contributed by atoms with E-state index in [2.05, 4.69) is 5.32 Å². The molecule has 0 aliphatic rings. The van der Waals surface area contributed by atoms with E-state index in [0.29, 0.717) is 17.1 Å². The third-order valence-electron chi connectivity index (χ3n) is 4.11. The molecule has 3 aromatic rings. The zero-order valence-electron chi connectivity index (χ0n) is 14.3. The number of amides is 1. The highest BCUT2D eigenvalue weighted by atomic mass is 16.4. The number of nitrogens with one attached hydrogen (secondary N) is 1. The largest absolute Gasteiger partial charge is 0.480 e. The first-order valence-electron chi connectivity index (χ1n) is 8.28. The third kappa shape index (κ3) is 4.00. The first kappa shape index (κ1) is 17.5. The minimum atomic E-state index is -1.08. The molecule has 2 aromatic carbocycles. The number of carboxylic acids is 1. The van der Waals surface area contributed by atoms with Crippen molar-refractivity contribution in [2.75, 3.05) is 0 Å². The topological polar surface area (TPSA) is 79.5 Å². The number of carboxylic acid groups (broad SMARTS) is 1. The van der Waals surface area contributed by atoms with Crippen molar-refractivity contribution in [3.8, 4) is 11.3 Å². The summed E-state index contributed by atoms with van der Waals surface area (Å²) in [6.45, 7) is 1.69. The lowest BCUT2D eigenvalue weighted by Crippen LogP contribution is -2.42. The van der Waals surface area contributed by atoms with E-state index in [-0.39, 0.29) is 6.42 Å². The highest BCUT2D eigenvalue weighted by Crippen LogP contribution is 2.25. The van der Waals surface area contributed by atoms with E-state index in [4.69, 9.17) is 4.42 Å². The van der Waals surface area contributed by atoms with Gasteiger partial charge in [0.1, 0.15) is 17.6 Å². The number of hydrogen-bond acceptors (Lipinski definition) is 3. The van der Waals surface area contributed by atoms with Crippen molar-refractivity contribution in [3.05, 3.63) is 83.6 Å². The second-order valence-corrected chi connectivity index (χ2v) is 6.00. The van der Waals surface area contributed by atoms with Gasteiger partial charge in [-0.1, -0.05) is 60.7 Å². The van der Waals surface area contributed by atoms with Crippen LogP contribution in [0.1, 0.15) is 21.7 Å². The Hall–Kier alpha value is -3.34. The number of aliphatic carboxylic acids is 1. The molecule has 26 heavy (non-hydrogen) atoms. The molecule has 0 unspecified atom stereocenters. The van der Waals surface area contributed by atoms with Gasteiger partial charge in [0, 0.05) is 12.0 Å². The van der Waals surface area contributed by atoms with Crippen LogP contribution in [0.15, 0.2) is 71.1 Å². The molecule has 0 saturated heterocycles. The van der Waals surface area contributed by atoms with E-state index in [1.807, 2.05) is 60.7 Å². The molecule has 0 bridgehead atoms. The fraction of sp³-hybridized carbons (Fsp3) is 0.143. The van der Waals surface area contributed by atoms with Gasteiger partial charge in [0.15, 0.2) is 0 Å². The fourth-order valence-corrected chi connectivity index (χ4v) is 2.74. The Morgan fingerprint density at radius 1 is 1.04 bits per heavy atom. The monoisotopic (exact) mass is 349 g/mol. The summed E-state index contributed by atoms with van der Waals surface area (Å²) in [7, 11) is 0. The molecule has 132 valence electrons. The first-order valence-corrected chi connectivity index (χ1v) is 8.28. The number of carbonyl (C=O) groups excluding carboxylic acids is 1. The maximum Gasteiger partial charge on any atom is 0.326 e. The molecule has 0 aliphatic heterocycles. The summed E-state index contributed by atoms with van der Waals surface area (Å²) in [5, 5.41) is 12.0. The minimum absolute atomic E-state index is 0.213. The van der Waals surface area contributed by atoms with E-state index in [1.54, 1.807) is 13.0 Å². The molecule has 0 spiro atoms. The average Bonchev–Trinajstić information content (AvgIpc) is 3.04. The fourth-order valence-electron chi connectivity index (χ4n) is 2.74. The summed E-state index contributed by atoms with van der Waals surface area (Å²) in [4.78, 5) is 24.1. The Morgan fingerprint density at radius 2 is 1.65 bits per heavy atom. The van der Waals surface area contributed by atoms with Gasteiger partial charge < -0.3 is 14.8 Å². The molecule has 0 fully saturated rings. The summed E-state index contributed by atoms with van der Waals surface area (Å²) in [5.41, 5.74) is 2.03. The van der Waals surface area contributed by atoms with Crippen molar-refractivity contribution in [2.24, 2.45) is 0 Å². The van der Waals surface area contributed by atoms with Crippen LogP contribution in [0.4, 0.5) is 0 Å². The van der Waals surface area contributed by atoms with Crippen molar-refractivity contribution in [1.82, 2.24) is 5.32 Å². The second kappa shape index (κ2) is 7.70. The molecule has 1 aromatic heterocycles. The van der Waals surface area contributed by atoms with Crippen LogP contribution in [-0.4, -0.2) is 23.0 Å². The van der Waals surface area contributed by atoms with Crippen LogP contribution >= 0.6 is 0 Å². The lowest BCUT2D eigenvalue weighted by molar-refractivity contribution is -0.139. The van der Waals surface area contributed by atoms with Gasteiger partial charge in [0.2, 0.25) is 0 Å². The van der Waals surface area contributed by atoms with Crippen molar-refractivity contribution in [2.45, 2.75) is 19.4 Å². The van der Waals surface area contributed by atoms with Crippen LogP contribution in [0.3, 0.4) is 0 Å². The van der Waals surface area contributed by atoms with E-state index >= 15 is 0 Å². The summed E-state index contributed by atoms with van der Waals surface area (Å²) in [6, 6.07) is 19.3.